The molecule has 0 bridgehead atoms. The highest BCUT2D eigenvalue weighted by atomic mass is 35.5. The SMILES string of the molecule is NC(=S)c1cc(Cl)ccc1OCCOc1ccccc1. The lowest BCUT2D eigenvalue weighted by Crippen LogP contribution is -2.14. The molecule has 0 unspecified atom stereocenters. The molecule has 0 aliphatic rings. The quantitative estimate of drug-likeness (QED) is 0.656. The van der Waals surface area contributed by atoms with Gasteiger partial charge in [0.25, 0.3) is 0 Å². The number of hydrogen-bond donors (Lipinski definition) is 1. The molecule has 0 spiro atoms. The molecule has 20 heavy (non-hydrogen) atoms. The lowest BCUT2D eigenvalue weighted by atomic mass is 10.2. The molecule has 0 aliphatic carbocycles. The second kappa shape index (κ2) is 7.12. The number of nitrogens with two attached hydrogens (primary N) is 1. The van der Waals surface area contributed by atoms with E-state index in [1.165, 1.54) is 0 Å². The molecular formula is C15H14ClNO2S. The first kappa shape index (κ1) is 14.6. The molecule has 2 rings (SSSR count). The Hall–Kier alpha value is -1.78. The van der Waals surface area contributed by atoms with Crippen molar-refractivity contribution in [2.45, 2.75) is 0 Å². The number of benzene rings is 2. The lowest BCUT2D eigenvalue weighted by Gasteiger charge is -2.11. The van der Waals surface area contributed by atoms with Gasteiger partial charge >= 0.3 is 0 Å². The zero-order valence-electron chi connectivity index (χ0n) is 10.7. The van der Waals surface area contributed by atoms with Crippen LogP contribution >= 0.6 is 23.8 Å². The van der Waals surface area contributed by atoms with Crippen molar-refractivity contribution in [3.05, 3.63) is 59.1 Å². The Bertz CT molecular complexity index is 590. The highest BCUT2D eigenvalue weighted by Gasteiger charge is 2.07. The summed E-state index contributed by atoms with van der Waals surface area (Å²) < 4.78 is 11.2. The summed E-state index contributed by atoms with van der Waals surface area (Å²) in [6.07, 6.45) is 0. The molecule has 0 aliphatic heterocycles. The van der Waals surface area contributed by atoms with E-state index < -0.39 is 0 Å². The fraction of sp³-hybridized carbons (Fsp3) is 0.133. The summed E-state index contributed by atoms with van der Waals surface area (Å²) in [6, 6.07) is 14.7. The van der Waals surface area contributed by atoms with Crippen LogP contribution < -0.4 is 15.2 Å². The lowest BCUT2D eigenvalue weighted by molar-refractivity contribution is 0.217. The Morgan fingerprint density at radius 2 is 1.75 bits per heavy atom. The highest BCUT2D eigenvalue weighted by Crippen LogP contribution is 2.22. The van der Waals surface area contributed by atoms with Crippen LogP contribution in [0.4, 0.5) is 0 Å². The smallest absolute Gasteiger partial charge is 0.129 e. The van der Waals surface area contributed by atoms with Crippen molar-refractivity contribution < 1.29 is 9.47 Å². The van der Waals surface area contributed by atoms with Gasteiger partial charge in [0.1, 0.15) is 29.7 Å². The maximum Gasteiger partial charge on any atom is 0.129 e. The van der Waals surface area contributed by atoms with Gasteiger partial charge in [0.2, 0.25) is 0 Å². The van der Waals surface area contributed by atoms with Gasteiger partial charge in [-0.15, -0.1) is 0 Å². The van der Waals surface area contributed by atoms with Crippen molar-refractivity contribution in [1.82, 2.24) is 0 Å². The largest absolute Gasteiger partial charge is 0.490 e. The van der Waals surface area contributed by atoms with Gasteiger partial charge in [-0.2, -0.15) is 0 Å². The van der Waals surface area contributed by atoms with Crippen LogP contribution in [0.2, 0.25) is 5.02 Å². The summed E-state index contributed by atoms with van der Waals surface area (Å²) in [4.78, 5) is 0.256. The Morgan fingerprint density at radius 3 is 2.45 bits per heavy atom. The number of hydrogen-bond acceptors (Lipinski definition) is 3. The summed E-state index contributed by atoms with van der Waals surface area (Å²) in [5.74, 6) is 1.42. The van der Waals surface area contributed by atoms with Gasteiger partial charge in [0.15, 0.2) is 0 Å². The van der Waals surface area contributed by atoms with E-state index >= 15 is 0 Å². The average molecular weight is 308 g/mol. The van der Waals surface area contributed by atoms with Crippen molar-refractivity contribution in [1.29, 1.82) is 0 Å². The predicted octanol–water partition coefficient (Wildman–Crippen LogP) is 3.43. The van der Waals surface area contributed by atoms with Crippen LogP contribution in [-0.4, -0.2) is 18.2 Å². The van der Waals surface area contributed by atoms with Crippen LogP contribution in [0.1, 0.15) is 5.56 Å². The average Bonchev–Trinajstić information content (AvgIpc) is 2.45. The second-order valence-electron chi connectivity index (χ2n) is 4.01. The number of rotatable bonds is 6. The summed E-state index contributed by atoms with van der Waals surface area (Å²) in [7, 11) is 0. The third-order valence-corrected chi connectivity index (χ3v) is 3.01. The summed E-state index contributed by atoms with van der Waals surface area (Å²) in [5, 5.41) is 0.570. The molecule has 0 radical (unpaired) electrons. The number of thiocarbonyl (C=S) groups is 1. The first-order valence-electron chi connectivity index (χ1n) is 6.07. The minimum atomic E-state index is 0.256. The molecule has 2 aromatic carbocycles. The molecule has 5 heteroatoms. The Balaban J connectivity index is 1.90. The molecule has 2 N–H and O–H groups in total. The molecule has 0 saturated heterocycles. The molecule has 104 valence electrons. The van der Waals surface area contributed by atoms with Crippen molar-refractivity contribution in [3.8, 4) is 11.5 Å². The minimum Gasteiger partial charge on any atom is -0.490 e. The third-order valence-electron chi connectivity index (χ3n) is 2.56. The maximum absolute atomic E-state index is 5.91. The zero-order valence-corrected chi connectivity index (χ0v) is 12.3. The van der Waals surface area contributed by atoms with E-state index in [9.17, 15) is 0 Å². The van der Waals surface area contributed by atoms with E-state index in [4.69, 9.17) is 39.0 Å². The Morgan fingerprint density at radius 1 is 1.05 bits per heavy atom. The topological polar surface area (TPSA) is 44.5 Å². The standard InChI is InChI=1S/C15H14ClNO2S/c16-11-6-7-14(13(10-11)15(17)20)19-9-8-18-12-4-2-1-3-5-12/h1-7,10H,8-9H2,(H2,17,20). The number of halogens is 1. The van der Waals surface area contributed by atoms with Crippen LogP contribution in [0.3, 0.4) is 0 Å². The van der Waals surface area contributed by atoms with Crippen molar-refractivity contribution in [2.24, 2.45) is 5.73 Å². The molecule has 0 saturated carbocycles. The van der Waals surface area contributed by atoms with Crippen molar-refractivity contribution >= 4 is 28.8 Å². The van der Waals surface area contributed by atoms with E-state index in [0.717, 1.165) is 5.75 Å². The highest BCUT2D eigenvalue weighted by molar-refractivity contribution is 7.80. The minimum absolute atomic E-state index is 0.256. The van der Waals surface area contributed by atoms with Gasteiger partial charge < -0.3 is 15.2 Å². The van der Waals surface area contributed by atoms with Crippen LogP contribution in [-0.2, 0) is 0 Å². The Labute approximate surface area is 128 Å². The molecular weight excluding hydrogens is 294 g/mol. The Kier molecular flexibility index (Phi) is 5.21. The zero-order chi connectivity index (χ0) is 14.4. The predicted molar refractivity (Wildman–Crippen MR) is 84.8 cm³/mol. The molecule has 3 nitrogen and oxygen atoms in total. The number of ether oxygens (including phenoxy) is 2. The van der Waals surface area contributed by atoms with Crippen LogP contribution in [0.15, 0.2) is 48.5 Å². The second-order valence-corrected chi connectivity index (χ2v) is 4.89. The first-order valence-corrected chi connectivity index (χ1v) is 6.85. The molecule has 0 amide bonds. The monoisotopic (exact) mass is 307 g/mol. The van der Waals surface area contributed by atoms with E-state index in [1.54, 1.807) is 18.2 Å². The van der Waals surface area contributed by atoms with E-state index in [1.807, 2.05) is 30.3 Å². The van der Waals surface area contributed by atoms with Gasteiger partial charge in [0, 0.05) is 5.02 Å². The molecule has 0 atom stereocenters. The van der Waals surface area contributed by atoms with Crippen LogP contribution in [0, 0.1) is 0 Å². The first-order chi connectivity index (χ1) is 9.66. The van der Waals surface area contributed by atoms with E-state index in [0.29, 0.717) is 29.5 Å². The van der Waals surface area contributed by atoms with Crippen molar-refractivity contribution in [3.63, 3.8) is 0 Å². The fourth-order valence-corrected chi connectivity index (χ4v) is 1.98. The van der Waals surface area contributed by atoms with Gasteiger partial charge in [-0.1, -0.05) is 42.0 Å². The maximum atomic E-state index is 5.91. The number of para-hydroxylation sites is 1. The summed E-state index contributed by atoms with van der Waals surface area (Å²) in [5.41, 5.74) is 6.27. The van der Waals surface area contributed by atoms with Gasteiger partial charge in [-0.05, 0) is 30.3 Å². The van der Waals surface area contributed by atoms with Crippen LogP contribution in [0.25, 0.3) is 0 Å². The van der Waals surface area contributed by atoms with Gasteiger partial charge in [-0.3, -0.25) is 0 Å². The normalized spacial score (nSPS) is 10.1. The summed E-state index contributed by atoms with van der Waals surface area (Å²) in [6.45, 7) is 0.829. The third kappa shape index (κ3) is 4.11. The summed E-state index contributed by atoms with van der Waals surface area (Å²) >= 11 is 10.9. The van der Waals surface area contributed by atoms with Gasteiger partial charge in [-0.25, -0.2) is 0 Å². The molecule has 0 aromatic heterocycles. The van der Waals surface area contributed by atoms with E-state index in [2.05, 4.69) is 0 Å². The van der Waals surface area contributed by atoms with Crippen LogP contribution in [0.5, 0.6) is 11.5 Å². The fourth-order valence-electron chi connectivity index (χ4n) is 1.65. The molecule has 2 aromatic rings. The molecule has 0 heterocycles. The van der Waals surface area contributed by atoms with Crippen molar-refractivity contribution in [2.75, 3.05) is 13.2 Å². The van der Waals surface area contributed by atoms with E-state index in [-0.39, 0.29) is 4.99 Å². The van der Waals surface area contributed by atoms with Gasteiger partial charge in [0.05, 0.1) is 5.56 Å². The molecule has 0 fully saturated rings.